The van der Waals surface area contributed by atoms with E-state index in [0.29, 0.717) is 0 Å². The van der Waals surface area contributed by atoms with Crippen LogP contribution in [-0.2, 0) is 24.7 Å². The molecule has 4 aromatic carbocycles. The van der Waals surface area contributed by atoms with Gasteiger partial charge in [0, 0.05) is 0 Å². The Morgan fingerprint density at radius 2 is 1.34 bits per heavy atom. The molecule has 0 bridgehead atoms. The quantitative estimate of drug-likeness (QED) is 0.204. The maximum atomic E-state index is 2.70. The number of hydrogen-bond acceptors (Lipinski definition) is 1. The van der Waals surface area contributed by atoms with E-state index in [4.69, 9.17) is 0 Å². The number of allylic oxidation sites excluding steroid dienone is 4. The first-order valence-corrected chi connectivity index (χ1v) is 22.4. The van der Waals surface area contributed by atoms with E-state index >= 15 is 0 Å². The normalized spacial score (nSPS) is 14.5. The third-order valence-electron chi connectivity index (χ3n) is 9.12. The molecule has 0 amide bonds. The van der Waals surface area contributed by atoms with Crippen LogP contribution in [0.1, 0.15) is 35.6 Å². The molecule has 2 heteroatoms. The van der Waals surface area contributed by atoms with Crippen molar-refractivity contribution >= 4 is 12.2 Å². The van der Waals surface area contributed by atoms with Crippen LogP contribution >= 0.6 is 0 Å². The monoisotopic (exact) mass is 573 g/mol. The Hall–Kier alpha value is -3.09. The number of fused-ring (bicyclic) bond motifs is 3. The van der Waals surface area contributed by atoms with Crippen molar-refractivity contribution in [3.63, 3.8) is 0 Å². The molecule has 4 aromatic rings. The number of anilines is 1. The minimum atomic E-state index is -4.19. The molecule has 0 radical (unpaired) electrons. The molecule has 190 valence electrons. The Bertz CT molecular complexity index is 1640. The molecule has 6 rings (SSSR count). The summed E-state index contributed by atoms with van der Waals surface area (Å²) < 4.78 is 10.2. The summed E-state index contributed by atoms with van der Waals surface area (Å²) in [4.78, 5) is 2.29. The van der Waals surface area contributed by atoms with Crippen molar-refractivity contribution in [2.24, 2.45) is 0 Å². The van der Waals surface area contributed by atoms with Crippen LogP contribution in [0.4, 0.5) is 5.69 Å². The summed E-state index contributed by atoms with van der Waals surface area (Å²) in [6, 6.07) is 36.4. The summed E-state index contributed by atoms with van der Waals surface area (Å²) in [5.74, 6) is 0. The molecular weight excluding hydrogens is 538 g/mol. The van der Waals surface area contributed by atoms with E-state index in [9.17, 15) is 0 Å². The van der Waals surface area contributed by atoms with E-state index < -0.39 is 18.3 Å². The van der Waals surface area contributed by atoms with Crippen LogP contribution in [0.2, 0.25) is 9.26 Å². The number of nitrogens with zero attached hydrogens (tertiary/aromatic N) is 1. The second-order valence-electron chi connectivity index (χ2n) is 12.0. The molecule has 0 heterocycles. The Balaban J connectivity index is 1.82. The van der Waals surface area contributed by atoms with Crippen molar-refractivity contribution in [3.8, 4) is 11.1 Å². The van der Waals surface area contributed by atoms with Gasteiger partial charge in [0.05, 0.1) is 0 Å². The zero-order chi connectivity index (χ0) is 26.5. The summed E-state index contributed by atoms with van der Waals surface area (Å²) in [7, 11) is 4.36. The average molecular weight is 575 g/mol. The van der Waals surface area contributed by atoms with Crippen molar-refractivity contribution < 1.29 is 18.3 Å². The molecular formula is C36H37NZr. The topological polar surface area (TPSA) is 3.24 Å². The molecule has 1 nitrogen and oxygen atoms in total. The Kier molecular flexibility index (Phi) is 6.16. The van der Waals surface area contributed by atoms with Crippen LogP contribution in [0.25, 0.3) is 11.1 Å². The van der Waals surface area contributed by atoms with Gasteiger partial charge in [-0.25, -0.2) is 0 Å². The first-order chi connectivity index (χ1) is 18.3. The number of hydrogen-bond donors (Lipinski definition) is 0. The molecule has 38 heavy (non-hydrogen) atoms. The van der Waals surface area contributed by atoms with E-state index in [0.717, 1.165) is 12.8 Å². The maximum absolute atomic E-state index is 4.19. The zero-order valence-electron chi connectivity index (χ0n) is 23.3. The van der Waals surface area contributed by atoms with Crippen molar-refractivity contribution in [2.75, 3.05) is 19.0 Å². The van der Waals surface area contributed by atoms with E-state index in [-0.39, 0.29) is 0 Å². The van der Waals surface area contributed by atoms with Gasteiger partial charge in [0.2, 0.25) is 0 Å². The molecule has 0 saturated carbocycles. The van der Waals surface area contributed by atoms with E-state index in [1.54, 1.807) is 15.3 Å². The van der Waals surface area contributed by atoms with Crippen molar-refractivity contribution in [3.05, 3.63) is 140 Å². The SMILES string of the molecule is CC1=CC[C]([Zr]([CH3])([CH3])(=[C](c2ccccc2)c2ccccc2)[c]2ccc(N(C)C)c3c2Cc2ccccc2-3)=C1. The molecule has 0 aromatic heterocycles. The molecule has 0 saturated heterocycles. The Labute approximate surface area is 228 Å². The summed E-state index contributed by atoms with van der Waals surface area (Å²) in [6.07, 6.45) is 7.02. The molecule has 0 unspecified atom stereocenters. The summed E-state index contributed by atoms with van der Waals surface area (Å²) in [6.45, 7) is 2.27. The summed E-state index contributed by atoms with van der Waals surface area (Å²) in [5, 5.41) is 0. The standard InChI is InChI=1S/C15H14N.C13H10.C6H7.2CH3.Zr/c1-16(2)14-9-5-7-12-10-11-6-3-4-8-13(11)15(12)14;1-3-7-12(8-4-1)11-13-9-5-2-6-10-13;1-6-4-2-3-5-6;;;/h3-6,8-9H,10H2,1-2H3;1-10H;4-5H,2H2,1H3;2*1H3;. The first-order valence-electron chi connectivity index (χ1n) is 13.8. The van der Waals surface area contributed by atoms with Crippen molar-refractivity contribution in [1.82, 2.24) is 0 Å². The third kappa shape index (κ3) is 3.80. The number of rotatable bonds is 5. The van der Waals surface area contributed by atoms with Gasteiger partial charge in [-0.15, -0.1) is 0 Å². The molecule has 0 aliphatic heterocycles. The summed E-state index contributed by atoms with van der Waals surface area (Å²) >= 11 is -4.19. The molecule has 2 aliphatic carbocycles. The predicted octanol–water partition coefficient (Wildman–Crippen LogP) is 8.24. The van der Waals surface area contributed by atoms with Crippen LogP contribution in [0, 0.1) is 0 Å². The molecule has 0 N–H and O–H groups in total. The molecule has 0 fully saturated rings. The average Bonchev–Trinajstić information content (AvgIpc) is 3.54. The second kappa shape index (κ2) is 9.28. The van der Waals surface area contributed by atoms with Gasteiger partial charge in [0.15, 0.2) is 0 Å². The fraction of sp³-hybridized carbons (Fsp3) is 0.194. The van der Waals surface area contributed by atoms with Gasteiger partial charge in [-0.3, -0.25) is 0 Å². The van der Waals surface area contributed by atoms with E-state index in [1.165, 1.54) is 39.1 Å². The van der Waals surface area contributed by atoms with Crippen LogP contribution < -0.4 is 8.17 Å². The van der Waals surface area contributed by atoms with Gasteiger partial charge in [0.25, 0.3) is 0 Å². The Morgan fingerprint density at radius 3 is 1.92 bits per heavy atom. The first kappa shape index (κ1) is 25.2. The minimum absolute atomic E-state index is 1.00. The predicted molar refractivity (Wildman–Crippen MR) is 163 cm³/mol. The van der Waals surface area contributed by atoms with Crippen molar-refractivity contribution in [1.29, 1.82) is 0 Å². The van der Waals surface area contributed by atoms with E-state index in [1.807, 2.05) is 0 Å². The van der Waals surface area contributed by atoms with Gasteiger partial charge < -0.3 is 0 Å². The van der Waals surface area contributed by atoms with Crippen LogP contribution in [0.5, 0.6) is 0 Å². The van der Waals surface area contributed by atoms with Crippen LogP contribution in [0.15, 0.2) is 118 Å². The number of benzene rings is 4. The molecule has 0 spiro atoms. The van der Waals surface area contributed by atoms with Crippen LogP contribution in [0.3, 0.4) is 0 Å². The second-order valence-corrected chi connectivity index (χ2v) is 27.8. The molecule has 0 atom stereocenters. The zero-order valence-corrected chi connectivity index (χ0v) is 25.7. The molecule has 2 aliphatic rings. The third-order valence-corrected chi connectivity index (χ3v) is 24.9. The van der Waals surface area contributed by atoms with Crippen molar-refractivity contribution in [2.45, 2.75) is 29.0 Å². The van der Waals surface area contributed by atoms with Crippen LogP contribution in [-0.4, -0.2) is 17.3 Å². The van der Waals surface area contributed by atoms with E-state index in [2.05, 4.69) is 144 Å². The fourth-order valence-electron chi connectivity index (χ4n) is 7.20. The fourth-order valence-corrected chi connectivity index (χ4v) is 22.1. The van der Waals surface area contributed by atoms with Gasteiger partial charge in [-0.1, -0.05) is 0 Å². The summed E-state index contributed by atoms with van der Waals surface area (Å²) in [5.41, 5.74) is 11.3. The van der Waals surface area contributed by atoms with Gasteiger partial charge in [0.1, 0.15) is 0 Å². The Morgan fingerprint density at radius 1 is 0.737 bits per heavy atom. The van der Waals surface area contributed by atoms with Gasteiger partial charge >= 0.3 is 230 Å². The van der Waals surface area contributed by atoms with Gasteiger partial charge in [-0.05, 0) is 0 Å². The van der Waals surface area contributed by atoms with Gasteiger partial charge in [-0.2, -0.15) is 0 Å².